The third-order valence-corrected chi connectivity index (χ3v) is 4.47. The van der Waals surface area contributed by atoms with Gasteiger partial charge in [-0.05, 0) is 18.8 Å². The van der Waals surface area contributed by atoms with E-state index >= 15 is 0 Å². The van der Waals surface area contributed by atoms with Crippen molar-refractivity contribution in [3.05, 3.63) is 29.9 Å². The zero-order valence-corrected chi connectivity index (χ0v) is 15.7. The minimum atomic E-state index is 0.00907. The average molecular weight is 361 g/mol. The number of hydrogen-bond donors (Lipinski definition) is 0. The number of carbonyl (C=O) groups excluding carboxylic acids is 1. The Morgan fingerprint density at radius 3 is 3.04 bits per heavy atom. The summed E-state index contributed by atoms with van der Waals surface area (Å²) in [6.45, 7) is 6.13. The Labute approximate surface area is 153 Å². The molecule has 1 aliphatic rings. The van der Waals surface area contributed by atoms with E-state index in [0.717, 1.165) is 25.8 Å². The first-order valence-electron chi connectivity index (χ1n) is 9.21. The topological polar surface area (TPSA) is 86.3 Å². The van der Waals surface area contributed by atoms with E-state index < -0.39 is 0 Å². The van der Waals surface area contributed by atoms with Gasteiger partial charge in [0.25, 0.3) is 5.91 Å². The standard InChI is InChI=1S/C18H27N5O3/c1-13(2)9-17-20-16(21-26-17)6-8-25-14-5-4-7-23(11-14)18(24)15-10-19-12-22(15)3/h10,12-14H,4-9,11H2,1-3H3. The van der Waals surface area contributed by atoms with Gasteiger partial charge in [0.1, 0.15) is 5.69 Å². The van der Waals surface area contributed by atoms with Crippen molar-refractivity contribution in [3.8, 4) is 0 Å². The first-order valence-corrected chi connectivity index (χ1v) is 9.21. The number of piperidine rings is 1. The SMILES string of the molecule is CC(C)Cc1nc(CCOC2CCCN(C(=O)c3cncn3C)C2)no1. The van der Waals surface area contributed by atoms with Crippen molar-refractivity contribution in [2.75, 3.05) is 19.7 Å². The van der Waals surface area contributed by atoms with Gasteiger partial charge in [-0.2, -0.15) is 4.98 Å². The Balaban J connectivity index is 1.46. The van der Waals surface area contributed by atoms with E-state index in [1.54, 1.807) is 17.1 Å². The second-order valence-electron chi connectivity index (χ2n) is 7.23. The Morgan fingerprint density at radius 2 is 2.31 bits per heavy atom. The summed E-state index contributed by atoms with van der Waals surface area (Å²) in [5.41, 5.74) is 0.607. The summed E-state index contributed by atoms with van der Waals surface area (Å²) < 4.78 is 13.0. The van der Waals surface area contributed by atoms with Crippen LogP contribution < -0.4 is 0 Å². The normalized spacial score (nSPS) is 17.8. The third kappa shape index (κ3) is 4.69. The number of amides is 1. The van der Waals surface area contributed by atoms with Gasteiger partial charge in [0.15, 0.2) is 5.82 Å². The molecule has 0 aliphatic carbocycles. The van der Waals surface area contributed by atoms with Gasteiger partial charge in [-0.25, -0.2) is 4.98 Å². The number of aromatic nitrogens is 4. The summed E-state index contributed by atoms with van der Waals surface area (Å²) in [6, 6.07) is 0. The molecule has 1 fully saturated rings. The molecule has 1 amide bonds. The Hall–Kier alpha value is -2.22. The van der Waals surface area contributed by atoms with E-state index in [0.29, 0.717) is 42.9 Å². The summed E-state index contributed by atoms with van der Waals surface area (Å²) in [6.07, 6.45) is 6.61. The lowest BCUT2D eigenvalue weighted by Crippen LogP contribution is -2.43. The number of imidazole rings is 1. The zero-order chi connectivity index (χ0) is 18.5. The van der Waals surface area contributed by atoms with Crippen LogP contribution in [0, 0.1) is 5.92 Å². The summed E-state index contributed by atoms with van der Waals surface area (Å²) in [4.78, 5) is 22.8. The van der Waals surface area contributed by atoms with Crippen LogP contribution in [0.15, 0.2) is 17.0 Å². The number of likely N-dealkylation sites (tertiary alicyclic amines) is 1. The number of hydrogen-bond acceptors (Lipinski definition) is 6. The third-order valence-electron chi connectivity index (χ3n) is 4.47. The molecule has 2 aromatic rings. The van der Waals surface area contributed by atoms with Gasteiger partial charge in [0.05, 0.1) is 25.2 Å². The molecule has 0 saturated carbocycles. The van der Waals surface area contributed by atoms with Gasteiger partial charge in [0.2, 0.25) is 5.89 Å². The molecule has 1 unspecified atom stereocenters. The largest absolute Gasteiger partial charge is 0.376 e. The van der Waals surface area contributed by atoms with Crippen LogP contribution in [0.5, 0.6) is 0 Å². The van der Waals surface area contributed by atoms with Gasteiger partial charge >= 0.3 is 0 Å². The maximum absolute atomic E-state index is 12.6. The van der Waals surface area contributed by atoms with Crippen LogP contribution in [0.4, 0.5) is 0 Å². The highest BCUT2D eigenvalue weighted by Gasteiger charge is 2.26. The molecule has 3 heterocycles. The van der Waals surface area contributed by atoms with Crippen molar-refractivity contribution in [3.63, 3.8) is 0 Å². The molecule has 3 rings (SSSR count). The molecule has 8 heteroatoms. The highest BCUT2D eigenvalue weighted by Crippen LogP contribution is 2.16. The molecule has 0 bridgehead atoms. The fourth-order valence-electron chi connectivity index (χ4n) is 3.12. The van der Waals surface area contributed by atoms with Crippen LogP contribution in [0.1, 0.15) is 48.9 Å². The highest BCUT2D eigenvalue weighted by molar-refractivity contribution is 5.92. The minimum Gasteiger partial charge on any atom is -0.376 e. The Kier molecular flexibility index (Phi) is 6.03. The lowest BCUT2D eigenvalue weighted by molar-refractivity contribution is 0.00220. The lowest BCUT2D eigenvalue weighted by atomic mass is 10.1. The molecule has 0 radical (unpaired) electrons. The van der Waals surface area contributed by atoms with Crippen LogP contribution in [0.25, 0.3) is 0 Å². The van der Waals surface area contributed by atoms with Crippen molar-refractivity contribution in [2.45, 2.75) is 45.6 Å². The molecule has 1 aliphatic heterocycles. The summed E-state index contributed by atoms with van der Waals surface area (Å²) in [7, 11) is 1.83. The predicted octanol–water partition coefficient (Wildman–Crippen LogP) is 1.87. The Morgan fingerprint density at radius 1 is 1.46 bits per heavy atom. The molecular formula is C18H27N5O3. The minimum absolute atomic E-state index is 0.00907. The van der Waals surface area contributed by atoms with Crippen molar-refractivity contribution in [1.82, 2.24) is 24.6 Å². The van der Waals surface area contributed by atoms with Crippen molar-refractivity contribution >= 4 is 5.91 Å². The lowest BCUT2D eigenvalue weighted by Gasteiger charge is -2.32. The predicted molar refractivity (Wildman–Crippen MR) is 94.6 cm³/mol. The van der Waals surface area contributed by atoms with Gasteiger partial charge in [-0.1, -0.05) is 19.0 Å². The molecular weight excluding hydrogens is 334 g/mol. The van der Waals surface area contributed by atoms with E-state index in [2.05, 4.69) is 29.0 Å². The van der Waals surface area contributed by atoms with Crippen molar-refractivity contribution in [1.29, 1.82) is 0 Å². The van der Waals surface area contributed by atoms with Crippen LogP contribution in [0.2, 0.25) is 0 Å². The van der Waals surface area contributed by atoms with Crippen LogP contribution in [0.3, 0.4) is 0 Å². The van der Waals surface area contributed by atoms with Crippen molar-refractivity contribution in [2.24, 2.45) is 13.0 Å². The molecule has 8 nitrogen and oxygen atoms in total. The van der Waals surface area contributed by atoms with Crippen LogP contribution in [-0.4, -0.2) is 56.3 Å². The summed E-state index contributed by atoms with van der Waals surface area (Å²) >= 11 is 0. The number of rotatable bonds is 7. The van der Waals surface area contributed by atoms with Gasteiger partial charge in [-0.3, -0.25) is 4.79 Å². The monoisotopic (exact) mass is 361 g/mol. The molecule has 142 valence electrons. The molecule has 1 saturated heterocycles. The van der Waals surface area contributed by atoms with Crippen LogP contribution in [-0.2, 0) is 24.6 Å². The fourth-order valence-corrected chi connectivity index (χ4v) is 3.12. The van der Waals surface area contributed by atoms with E-state index in [9.17, 15) is 4.79 Å². The van der Waals surface area contributed by atoms with Gasteiger partial charge < -0.3 is 18.7 Å². The first-order chi connectivity index (χ1) is 12.5. The van der Waals surface area contributed by atoms with E-state index in [4.69, 9.17) is 9.26 Å². The Bertz CT molecular complexity index is 724. The van der Waals surface area contributed by atoms with Gasteiger partial charge in [0, 0.05) is 33.0 Å². The second kappa shape index (κ2) is 8.44. The molecule has 0 spiro atoms. The summed E-state index contributed by atoms with van der Waals surface area (Å²) in [5.74, 6) is 1.86. The molecule has 0 N–H and O–H groups in total. The number of nitrogens with zero attached hydrogens (tertiary/aromatic N) is 5. The number of aryl methyl sites for hydroxylation is 1. The van der Waals surface area contributed by atoms with Crippen LogP contribution >= 0.6 is 0 Å². The maximum Gasteiger partial charge on any atom is 0.272 e. The van der Waals surface area contributed by atoms with Gasteiger partial charge in [-0.15, -0.1) is 0 Å². The second-order valence-corrected chi connectivity index (χ2v) is 7.23. The average Bonchev–Trinajstić information content (AvgIpc) is 3.23. The fraction of sp³-hybridized carbons (Fsp3) is 0.667. The summed E-state index contributed by atoms with van der Waals surface area (Å²) in [5, 5.41) is 4.00. The molecule has 2 aromatic heterocycles. The quantitative estimate of drug-likeness (QED) is 0.748. The van der Waals surface area contributed by atoms with E-state index in [1.807, 2.05) is 11.9 Å². The molecule has 26 heavy (non-hydrogen) atoms. The number of ether oxygens (including phenoxy) is 1. The molecule has 1 atom stereocenters. The zero-order valence-electron chi connectivity index (χ0n) is 15.7. The first kappa shape index (κ1) is 18.6. The number of carbonyl (C=O) groups is 1. The van der Waals surface area contributed by atoms with E-state index in [-0.39, 0.29) is 12.0 Å². The molecule has 0 aromatic carbocycles. The van der Waals surface area contributed by atoms with E-state index in [1.165, 1.54) is 0 Å². The van der Waals surface area contributed by atoms with Crippen molar-refractivity contribution < 1.29 is 14.1 Å². The maximum atomic E-state index is 12.6. The highest BCUT2D eigenvalue weighted by atomic mass is 16.5. The smallest absolute Gasteiger partial charge is 0.272 e.